The van der Waals surface area contributed by atoms with Crippen molar-refractivity contribution >= 4 is 17.5 Å². The number of nitrogens with one attached hydrogen (secondary N) is 1. The molecule has 1 aromatic carbocycles. The fourth-order valence-electron chi connectivity index (χ4n) is 2.89. The van der Waals surface area contributed by atoms with E-state index in [4.69, 9.17) is 0 Å². The molecule has 6 heteroatoms. The second kappa shape index (κ2) is 9.27. The van der Waals surface area contributed by atoms with Crippen LogP contribution in [-0.4, -0.2) is 74.0 Å². The summed E-state index contributed by atoms with van der Waals surface area (Å²) < 4.78 is 0. The van der Waals surface area contributed by atoms with Gasteiger partial charge in [0, 0.05) is 45.0 Å². The molecule has 0 aliphatic carbocycles. The number of para-hydroxylation sites is 1. The summed E-state index contributed by atoms with van der Waals surface area (Å²) in [5.41, 5.74) is 1.16. The SMILES string of the molecule is CCN(CC)CCNC(=O)C(=O)N1CCN(c2ccccc2)CC1. The van der Waals surface area contributed by atoms with E-state index >= 15 is 0 Å². The standard InChI is InChI=1S/C18H28N4O2/c1-3-20(4-2)11-10-19-17(23)18(24)22-14-12-21(13-15-22)16-8-6-5-7-9-16/h5-9H,3-4,10-15H2,1-2H3,(H,19,23). The highest BCUT2D eigenvalue weighted by molar-refractivity contribution is 6.35. The van der Waals surface area contributed by atoms with Gasteiger partial charge < -0.3 is 20.0 Å². The van der Waals surface area contributed by atoms with Crippen LogP contribution in [0.3, 0.4) is 0 Å². The smallest absolute Gasteiger partial charge is 0.312 e. The van der Waals surface area contributed by atoms with Gasteiger partial charge in [0.25, 0.3) is 0 Å². The molecule has 6 nitrogen and oxygen atoms in total. The van der Waals surface area contributed by atoms with E-state index in [9.17, 15) is 9.59 Å². The van der Waals surface area contributed by atoms with Crippen LogP contribution in [0.1, 0.15) is 13.8 Å². The van der Waals surface area contributed by atoms with Crippen molar-refractivity contribution < 1.29 is 9.59 Å². The first kappa shape index (κ1) is 18.3. The van der Waals surface area contributed by atoms with Gasteiger partial charge in [-0.15, -0.1) is 0 Å². The maximum Gasteiger partial charge on any atom is 0.312 e. The first-order chi connectivity index (χ1) is 11.7. The summed E-state index contributed by atoms with van der Waals surface area (Å²) >= 11 is 0. The Morgan fingerprint density at radius 3 is 2.25 bits per heavy atom. The van der Waals surface area contributed by atoms with Crippen molar-refractivity contribution in [1.29, 1.82) is 0 Å². The van der Waals surface area contributed by atoms with Crippen LogP contribution in [0.4, 0.5) is 5.69 Å². The predicted octanol–water partition coefficient (Wildman–Crippen LogP) is 0.793. The number of piperazine rings is 1. The molecule has 1 aromatic rings. The lowest BCUT2D eigenvalue weighted by molar-refractivity contribution is -0.146. The molecule has 1 fully saturated rings. The first-order valence-electron chi connectivity index (χ1n) is 8.75. The number of likely N-dealkylation sites (N-methyl/N-ethyl adjacent to an activating group) is 1. The van der Waals surface area contributed by atoms with Crippen LogP contribution in [0.2, 0.25) is 0 Å². The molecule has 1 saturated heterocycles. The van der Waals surface area contributed by atoms with E-state index in [1.165, 1.54) is 0 Å². The predicted molar refractivity (Wildman–Crippen MR) is 96.0 cm³/mol. The highest BCUT2D eigenvalue weighted by Gasteiger charge is 2.25. The zero-order valence-electron chi connectivity index (χ0n) is 14.7. The van der Waals surface area contributed by atoms with Gasteiger partial charge in [0.1, 0.15) is 0 Å². The van der Waals surface area contributed by atoms with Crippen molar-refractivity contribution in [1.82, 2.24) is 15.1 Å². The lowest BCUT2D eigenvalue weighted by atomic mass is 10.2. The quantitative estimate of drug-likeness (QED) is 0.783. The number of hydrogen-bond acceptors (Lipinski definition) is 4. The van der Waals surface area contributed by atoms with Gasteiger partial charge in [-0.25, -0.2) is 0 Å². The molecule has 2 amide bonds. The van der Waals surface area contributed by atoms with Crippen LogP contribution < -0.4 is 10.2 Å². The summed E-state index contributed by atoms with van der Waals surface area (Å²) in [5.74, 6) is -0.905. The summed E-state index contributed by atoms with van der Waals surface area (Å²) in [6.45, 7) is 10.0. The van der Waals surface area contributed by atoms with E-state index in [0.29, 0.717) is 19.6 Å². The number of nitrogens with zero attached hydrogens (tertiary/aromatic N) is 3. The minimum absolute atomic E-state index is 0.415. The van der Waals surface area contributed by atoms with Gasteiger partial charge in [-0.2, -0.15) is 0 Å². The fraction of sp³-hybridized carbons (Fsp3) is 0.556. The summed E-state index contributed by atoms with van der Waals surface area (Å²) in [6, 6.07) is 10.1. The van der Waals surface area contributed by atoms with Gasteiger partial charge in [-0.3, -0.25) is 9.59 Å². The van der Waals surface area contributed by atoms with Gasteiger partial charge >= 0.3 is 11.8 Å². The molecule has 0 atom stereocenters. The van der Waals surface area contributed by atoms with Gasteiger partial charge in [0.15, 0.2) is 0 Å². The number of benzene rings is 1. The molecule has 1 aliphatic heterocycles. The molecular weight excluding hydrogens is 304 g/mol. The Labute approximate surface area is 144 Å². The van der Waals surface area contributed by atoms with Crippen LogP contribution in [0.5, 0.6) is 0 Å². The van der Waals surface area contributed by atoms with Crippen molar-refractivity contribution in [2.45, 2.75) is 13.8 Å². The molecule has 1 aliphatic rings. The van der Waals surface area contributed by atoms with Crippen molar-refractivity contribution in [3.8, 4) is 0 Å². The maximum atomic E-state index is 12.2. The van der Waals surface area contributed by atoms with E-state index in [2.05, 4.69) is 41.1 Å². The second-order valence-corrected chi connectivity index (χ2v) is 5.90. The molecule has 132 valence electrons. The van der Waals surface area contributed by atoms with Gasteiger partial charge in [0.05, 0.1) is 0 Å². The zero-order valence-corrected chi connectivity index (χ0v) is 14.7. The molecular formula is C18H28N4O2. The van der Waals surface area contributed by atoms with E-state index < -0.39 is 11.8 Å². The van der Waals surface area contributed by atoms with E-state index in [0.717, 1.165) is 38.4 Å². The molecule has 0 bridgehead atoms. The number of carbonyl (C=O) groups is 2. The Hall–Kier alpha value is -2.08. The minimum Gasteiger partial charge on any atom is -0.368 e. The molecule has 0 aromatic heterocycles. The van der Waals surface area contributed by atoms with Gasteiger partial charge in [-0.1, -0.05) is 32.0 Å². The van der Waals surface area contributed by atoms with Crippen molar-refractivity contribution in [2.75, 3.05) is 57.3 Å². The Morgan fingerprint density at radius 1 is 1.04 bits per heavy atom. The number of rotatable bonds is 6. The Morgan fingerprint density at radius 2 is 1.67 bits per heavy atom. The van der Waals surface area contributed by atoms with Crippen molar-refractivity contribution in [3.05, 3.63) is 30.3 Å². The molecule has 0 radical (unpaired) electrons. The summed E-state index contributed by atoms with van der Waals surface area (Å²) in [4.78, 5) is 30.4. The molecule has 2 rings (SSSR count). The van der Waals surface area contributed by atoms with E-state index in [1.54, 1.807) is 4.90 Å². The molecule has 1 N–H and O–H groups in total. The third kappa shape index (κ3) is 4.96. The fourth-order valence-corrected chi connectivity index (χ4v) is 2.89. The minimum atomic E-state index is -0.490. The second-order valence-electron chi connectivity index (χ2n) is 5.90. The summed E-state index contributed by atoms with van der Waals surface area (Å²) in [6.07, 6.45) is 0. The number of hydrogen-bond donors (Lipinski definition) is 1. The Balaban J connectivity index is 1.75. The number of carbonyl (C=O) groups excluding carboxylic acids is 2. The van der Waals surface area contributed by atoms with Crippen molar-refractivity contribution in [3.63, 3.8) is 0 Å². The molecule has 1 heterocycles. The lowest BCUT2D eigenvalue weighted by Crippen LogP contribution is -2.53. The van der Waals surface area contributed by atoms with Crippen molar-refractivity contribution in [2.24, 2.45) is 0 Å². The van der Waals surface area contributed by atoms with E-state index in [1.807, 2.05) is 18.2 Å². The number of amides is 2. The van der Waals surface area contributed by atoms with Crippen LogP contribution in [0.15, 0.2) is 30.3 Å². The third-order valence-corrected chi connectivity index (χ3v) is 4.49. The van der Waals surface area contributed by atoms with Crippen LogP contribution in [0.25, 0.3) is 0 Å². The van der Waals surface area contributed by atoms with E-state index in [-0.39, 0.29) is 0 Å². The largest absolute Gasteiger partial charge is 0.368 e. The number of anilines is 1. The van der Waals surface area contributed by atoms with Crippen LogP contribution >= 0.6 is 0 Å². The lowest BCUT2D eigenvalue weighted by Gasteiger charge is -2.35. The molecule has 0 saturated carbocycles. The topological polar surface area (TPSA) is 55.9 Å². The molecule has 24 heavy (non-hydrogen) atoms. The zero-order chi connectivity index (χ0) is 17.4. The first-order valence-corrected chi connectivity index (χ1v) is 8.75. The Bertz CT molecular complexity index is 523. The average Bonchev–Trinajstić information content (AvgIpc) is 2.65. The summed E-state index contributed by atoms with van der Waals surface area (Å²) in [7, 11) is 0. The van der Waals surface area contributed by atoms with Gasteiger partial charge in [-0.05, 0) is 25.2 Å². The highest BCUT2D eigenvalue weighted by Crippen LogP contribution is 2.15. The highest BCUT2D eigenvalue weighted by atomic mass is 16.2. The average molecular weight is 332 g/mol. The van der Waals surface area contributed by atoms with Crippen LogP contribution in [0, 0.1) is 0 Å². The summed E-state index contributed by atoms with van der Waals surface area (Å²) in [5, 5.41) is 2.74. The Kier molecular flexibility index (Phi) is 7.06. The molecule has 0 spiro atoms. The maximum absolute atomic E-state index is 12.2. The molecule has 0 unspecified atom stereocenters. The van der Waals surface area contributed by atoms with Crippen LogP contribution in [-0.2, 0) is 9.59 Å². The third-order valence-electron chi connectivity index (χ3n) is 4.49. The normalized spacial score (nSPS) is 14.8. The monoisotopic (exact) mass is 332 g/mol. The van der Waals surface area contributed by atoms with Gasteiger partial charge in [0.2, 0.25) is 0 Å².